The minimum absolute atomic E-state index is 0.120. The van der Waals surface area contributed by atoms with Crippen LogP contribution in [-0.4, -0.2) is 64.4 Å². The molecule has 3 aromatic rings. The van der Waals surface area contributed by atoms with Gasteiger partial charge in [0.05, 0.1) is 18.9 Å². The van der Waals surface area contributed by atoms with Crippen LogP contribution < -0.4 is 15.5 Å². The van der Waals surface area contributed by atoms with E-state index in [9.17, 15) is 13.2 Å². The van der Waals surface area contributed by atoms with E-state index in [-0.39, 0.29) is 23.2 Å². The Hall–Kier alpha value is -2.92. The predicted octanol–water partition coefficient (Wildman–Crippen LogP) is 4.35. The summed E-state index contributed by atoms with van der Waals surface area (Å²) in [5.74, 6) is 0.998. The van der Waals surface area contributed by atoms with Crippen LogP contribution in [0.4, 0.5) is 24.9 Å². The molecule has 2 saturated heterocycles. The number of H-pyrrole nitrogens is 1. The van der Waals surface area contributed by atoms with Crippen molar-refractivity contribution in [2.75, 3.05) is 43.1 Å². The Balaban J connectivity index is 1.32. The Morgan fingerprint density at radius 2 is 1.94 bits per heavy atom. The standard InChI is InChI=1S/C25H30F3N7O/c26-25(27,28)19-15-30-23(32-16-3-1-6-24(13-16)7-2-8-31-24)34-21(19)18-14-29-22-17(18)4-5-20(33-22)35-9-11-36-12-10-35/h4-5,14-16,31H,1-3,6-13H2,(H,29,33)(H,30,32,34). The van der Waals surface area contributed by atoms with Gasteiger partial charge in [0.25, 0.3) is 0 Å². The summed E-state index contributed by atoms with van der Waals surface area (Å²) in [5, 5.41) is 7.58. The third-order valence-corrected chi connectivity index (χ3v) is 7.72. The van der Waals surface area contributed by atoms with Gasteiger partial charge in [-0.15, -0.1) is 0 Å². The number of hydrogen-bond acceptors (Lipinski definition) is 7. The summed E-state index contributed by atoms with van der Waals surface area (Å²) in [7, 11) is 0. The molecule has 0 aromatic carbocycles. The number of pyridine rings is 1. The molecule has 1 saturated carbocycles. The lowest BCUT2D eigenvalue weighted by Crippen LogP contribution is -2.47. The van der Waals surface area contributed by atoms with E-state index in [4.69, 9.17) is 4.74 Å². The molecule has 3 aliphatic rings. The molecule has 6 rings (SSSR count). The van der Waals surface area contributed by atoms with Gasteiger partial charge in [-0.2, -0.15) is 13.2 Å². The quantitative estimate of drug-likeness (QED) is 0.490. The maximum Gasteiger partial charge on any atom is 0.419 e. The van der Waals surface area contributed by atoms with Gasteiger partial charge in [0.1, 0.15) is 17.0 Å². The lowest BCUT2D eigenvalue weighted by atomic mass is 9.78. The Bertz CT molecular complexity index is 1230. The Kier molecular flexibility index (Phi) is 5.99. The molecule has 2 atom stereocenters. The number of morpholine rings is 1. The number of fused-ring (bicyclic) bond motifs is 1. The van der Waals surface area contributed by atoms with Crippen molar-refractivity contribution in [2.45, 2.75) is 56.3 Å². The van der Waals surface area contributed by atoms with Crippen molar-refractivity contribution in [1.82, 2.24) is 25.3 Å². The van der Waals surface area contributed by atoms with Crippen LogP contribution in [0.1, 0.15) is 44.1 Å². The molecule has 2 unspecified atom stereocenters. The molecule has 8 nitrogen and oxygen atoms in total. The number of nitrogens with one attached hydrogen (secondary N) is 3. The lowest BCUT2D eigenvalue weighted by molar-refractivity contribution is -0.137. The van der Waals surface area contributed by atoms with Crippen molar-refractivity contribution in [3.05, 3.63) is 30.1 Å². The molecule has 36 heavy (non-hydrogen) atoms. The van der Waals surface area contributed by atoms with Crippen LogP contribution in [0.15, 0.2) is 24.5 Å². The summed E-state index contributed by atoms with van der Waals surface area (Å²) in [6.45, 7) is 3.72. The fraction of sp³-hybridized carbons (Fsp3) is 0.560. The summed E-state index contributed by atoms with van der Waals surface area (Å²) in [6.07, 6.45) is 4.25. The van der Waals surface area contributed by atoms with Gasteiger partial charge in [-0.3, -0.25) is 0 Å². The molecule has 192 valence electrons. The highest BCUT2D eigenvalue weighted by atomic mass is 19.4. The van der Waals surface area contributed by atoms with E-state index in [2.05, 4.69) is 35.5 Å². The number of alkyl halides is 3. The van der Waals surface area contributed by atoms with E-state index >= 15 is 0 Å². The summed E-state index contributed by atoms with van der Waals surface area (Å²) in [6, 6.07) is 3.77. The Morgan fingerprint density at radius 1 is 1.11 bits per heavy atom. The van der Waals surface area contributed by atoms with Gasteiger partial charge in [0, 0.05) is 48.0 Å². The minimum Gasteiger partial charge on any atom is -0.378 e. The van der Waals surface area contributed by atoms with Crippen LogP contribution in [0.3, 0.4) is 0 Å². The number of aromatic nitrogens is 4. The van der Waals surface area contributed by atoms with E-state index in [1.165, 1.54) is 0 Å². The fourth-order valence-corrected chi connectivity index (χ4v) is 5.95. The van der Waals surface area contributed by atoms with Gasteiger partial charge in [0.15, 0.2) is 0 Å². The lowest BCUT2D eigenvalue weighted by Gasteiger charge is -2.38. The molecular weight excluding hydrogens is 471 g/mol. The van der Waals surface area contributed by atoms with Crippen LogP contribution in [0.2, 0.25) is 0 Å². The van der Waals surface area contributed by atoms with Crippen LogP contribution in [-0.2, 0) is 10.9 Å². The molecule has 1 spiro atoms. The highest BCUT2D eigenvalue weighted by Gasteiger charge is 2.39. The average molecular weight is 502 g/mol. The Labute approximate surface area is 207 Å². The zero-order valence-electron chi connectivity index (χ0n) is 20.0. The predicted molar refractivity (Wildman–Crippen MR) is 131 cm³/mol. The van der Waals surface area contributed by atoms with E-state index in [0.29, 0.717) is 29.8 Å². The Morgan fingerprint density at radius 3 is 2.72 bits per heavy atom. The molecule has 3 N–H and O–H groups in total. The third-order valence-electron chi connectivity index (χ3n) is 7.72. The van der Waals surface area contributed by atoms with Crippen LogP contribution in [0, 0.1) is 0 Å². The summed E-state index contributed by atoms with van der Waals surface area (Å²) >= 11 is 0. The van der Waals surface area contributed by atoms with Gasteiger partial charge in [-0.25, -0.2) is 15.0 Å². The topological polar surface area (TPSA) is 91.0 Å². The first-order valence-electron chi connectivity index (χ1n) is 12.7. The minimum atomic E-state index is -4.58. The average Bonchev–Trinajstić information content (AvgIpc) is 3.50. The van der Waals surface area contributed by atoms with Gasteiger partial charge in [-0.1, -0.05) is 0 Å². The molecule has 3 fully saturated rings. The van der Waals surface area contributed by atoms with Crippen molar-refractivity contribution in [3.63, 3.8) is 0 Å². The number of hydrogen-bond donors (Lipinski definition) is 3. The van der Waals surface area contributed by atoms with E-state index < -0.39 is 11.7 Å². The summed E-state index contributed by atoms with van der Waals surface area (Å²) < 4.78 is 47.4. The van der Waals surface area contributed by atoms with Crippen LogP contribution in [0.25, 0.3) is 22.3 Å². The molecule has 0 amide bonds. The normalized spacial score (nSPS) is 25.1. The maximum absolute atomic E-state index is 14.0. The first-order chi connectivity index (χ1) is 17.4. The summed E-state index contributed by atoms with van der Waals surface area (Å²) in [5.41, 5.74) is 0.0179. The van der Waals surface area contributed by atoms with Gasteiger partial charge < -0.3 is 25.3 Å². The first-order valence-corrected chi connectivity index (χ1v) is 12.7. The second-order valence-electron chi connectivity index (χ2n) is 10.1. The van der Waals surface area contributed by atoms with Gasteiger partial charge >= 0.3 is 6.18 Å². The molecule has 5 heterocycles. The third kappa shape index (κ3) is 4.50. The molecule has 1 aliphatic carbocycles. The van der Waals surface area contributed by atoms with E-state index in [1.807, 2.05) is 12.1 Å². The molecule has 11 heteroatoms. The maximum atomic E-state index is 14.0. The summed E-state index contributed by atoms with van der Waals surface area (Å²) in [4.78, 5) is 18.3. The van der Waals surface area contributed by atoms with Crippen LogP contribution >= 0.6 is 0 Å². The first kappa shape index (κ1) is 23.5. The van der Waals surface area contributed by atoms with Gasteiger partial charge in [0.2, 0.25) is 5.95 Å². The number of nitrogens with zero attached hydrogens (tertiary/aromatic N) is 4. The molecule has 3 aromatic heterocycles. The van der Waals surface area contributed by atoms with Crippen molar-refractivity contribution in [1.29, 1.82) is 0 Å². The zero-order valence-corrected chi connectivity index (χ0v) is 20.0. The number of ether oxygens (including phenoxy) is 1. The van der Waals surface area contributed by atoms with Crippen molar-refractivity contribution in [3.8, 4) is 11.3 Å². The number of halogens is 3. The second-order valence-corrected chi connectivity index (χ2v) is 10.1. The monoisotopic (exact) mass is 501 g/mol. The molecule has 0 radical (unpaired) electrons. The van der Waals surface area contributed by atoms with Crippen molar-refractivity contribution < 1.29 is 17.9 Å². The molecular formula is C25H30F3N7O. The van der Waals surface area contributed by atoms with E-state index in [1.54, 1.807) is 6.20 Å². The largest absolute Gasteiger partial charge is 0.419 e. The molecule has 2 aliphatic heterocycles. The number of aromatic amines is 1. The van der Waals surface area contributed by atoms with Gasteiger partial charge in [-0.05, 0) is 57.2 Å². The van der Waals surface area contributed by atoms with Crippen molar-refractivity contribution in [2.24, 2.45) is 0 Å². The second kappa shape index (κ2) is 9.19. The number of rotatable bonds is 4. The highest BCUT2D eigenvalue weighted by molar-refractivity contribution is 5.94. The molecule has 0 bridgehead atoms. The number of anilines is 2. The SMILES string of the molecule is FC(F)(F)c1cnc(NC2CCCC3(CCCN3)C2)nc1-c1c[nH]c2nc(N3CCOCC3)ccc12. The fourth-order valence-electron chi connectivity index (χ4n) is 5.95. The van der Waals surface area contributed by atoms with Crippen LogP contribution in [0.5, 0.6) is 0 Å². The van der Waals surface area contributed by atoms with Crippen molar-refractivity contribution >= 4 is 22.8 Å². The highest BCUT2D eigenvalue weighted by Crippen LogP contribution is 2.40. The smallest absolute Gasteiger partial charge is 0.378 e. The van der Waals surface area contributed by atoms with E-state index in [0.717, 1.165) is 70.2 Å². The zero-order chi connectivity index (χ0) is 24.8.